The Hall–Kier alpha value is -0.630. The van der Waals surface area contributed by atoms with Crippen LogP contribution in [0.3, 0.4) is 0 Å². The van der Waals surface area contributed by atoms with Crippen molar-refractivity contribution < 1.29 is 9.59 Å². The molecule has 1 aromatic rings. The van der Waals surface area contributed by atoms with Gasteiger partial charge in [0.25, 0.3) is 5.91 Å². The SMILES string of the molecule is CN(CC(=O)N1C[C@H]2CNC[C@H]2C1)C(=O)c1ccc(Br)s1.Cl. The third-order valence-corrected chi connectivity index (χ3v) is 5.86. The lowest BCUT2D eigenvalue weighted by atomic mass is 10.0. The Morgan fingerprint density at radius 1 is 1.36 bits per heavy atom. The molecule has 3 rings (SSSR count). The van der Waals surface area contributed by atoms with Gasteiger partial charge in [0, 0.05) is 33.2 Å². The molecule has 2 saturated heterocycles. The summed E-state index contributed by atoms with van der Waals surface area (Å²) in [5, 5.41) is 3.36. The highest BCUT2D eigenvalue weighted by Gasteiger charge is 2.38. The van der Waals surface area contributed by atoms with Crippen LogP contribution in [0.2, 0.25) is 0 Å². The van der Waals surface area contributed by atoms with E-state index in [0.29, 0.717) is 16.7 Å². The summed E-state index contributed by atoms with van der Waals surface area (Å²) < 4.78 is 0.922. The van der Waals surface area contributed by atoms with Crippen molar-refractivity contribution >= 4 is 51.5 Å². The molecule has 0 radical (unpaired) electrons. The van der Waals surface area contributed by atoms with Crippen LogP contribution in [-0.2, 0) is 4.79 Å². The molecule has 2 atom stereocenters. The number of fused-ring (bicyclic) bond motifs is 1. The monoisotopic (exact) mass is 407 g/mol. The van der Waals surface area contributed by atoms with Gasteiger partial charge in [0.05, 0.1) is 15.2 Å². The summed E-state index contributed by atoms with van der Waals surface area (Å²) in [7, 11) is 1.69. The lowest BCUT2D eigenvalue weighted by Crippen LogP contribution is -2.41. The molecule has 0 aliphatic carbocycles. The molecule has 5 nitrogen and oxygen atoms in total. The minimum absolute atomic E-state index is 0. The molecule has 0 spiro atoms. The predicted octanol–water partition coefficient (Wildman–Crippen LogP) is 1.68. The quantitative estimate of drug-likeness (QED) is 0.828. The second-order valence-corrected chi connectivity index (χ2v) is 8.21. The number of nitrogens with zero attached hydrogens (tertiary/aromatic N) is 2. The fraction of sp³-hybridized carbons (Fsp3) is 0.571. The first-order chi connectivity index (χ1) is 10.0. The van der Waals surface area contributed by atoms with E-state index in [1.807, 2.05) is 11.0 Å². The zero-order valence-corrected chi connectivity index (χ0v) is 15.5. The van der Waals surface area contributed by atoms with E-state index < -0.39 is 0 Å². The molecule has 8 heteroatoms. The van der Waals surface area contributed by atoms with Crippen molar-refractivity contribution in [3.63, 3.8) is 0 Å². The van der Waals surface area contributed by atoms with E-state index in [-0.39, 0.29) is 30.8 Å². The van der Waals surface area contributed by atoms with Crippen LogP contribution in [0.4, 0.5) is 0 Å². The van der Waals surface area contributed by atoms with Gasteiger partial charge in [-0.15, -0.1) is 23.7 Å². The van der Waals surface area contributed by atoms with Crippen LogP contribution >= 0.6 is 39.7 Å². The number of rotatable bonds is 3. The number of hydrogen-bond donors (Lipinski definition) is 1. The van der Waals surface area contributed by atoms with Crippen LogP contribution in [0, 0.1) is 11.8 Å². The zero-order valence-electron chi connectivity index (χ0n) is 12.3. The summed E-state index contributed by atoms with van der Waals surface area (Å²) in [6.45, 7) is 3.81. The van der Waals surface area contributed by atoms with E-state index >= 15 is 0 Å². The number of thiophene rings is 1. The third kappa shape index (κ3) is 3.64. The summed E-state index contributed by atoms with van der Waals surface area (Å²) in [4.78, 5) is 28.6. The molecule has 2 fully saturated rings. The summed E-state index contributed by atoms with van der Waals surface area (Å²) in [5.74, 6) is 1.13. The Morgan fingerprint density at radius 2 is 2.00 bits per heavy atom. The molecule has 122 valence electrons. The minimum atomic E-state index is -0.0971. The first-order valence-electron chi connectivity index (χ1n) is 7.04. The predicted molar refractivity (Wildman–Crippen MR) is 92.7 cm³/mol. The van der Waals surface area contributed by atoms with Gasteiger partial charge in [-0.2, -0.15) is 0 Å². The lowest BCUT2D eigenvalue weighted by molar-refractivity contribution is -0.130. The molecule has 1 N–H and O–H groups in total. The molecule has 0 bridgehead atoms. The second-order valence-electron chi connectivity index (χ2n) is 5.74. The molecule has 2 aliphatic rings. The molecule has 0 aromatic carbocycles. The van der Waals surface area contributed by atoms with Crippen LogP contribution in [0.1, 0.15) is 9.67 Å². The lowest BCUT2D eigenvalue weighted by Gasteiger charge is -2.22. The average Bonchev–Trinajstić information content (AvgIpc) is 3.11. The van der Waals surface area contributed by atoms with Crippen molar-refractivity contribution in [2.75, 3.05) is 39.8 Å². The molecule has 0 unspecified atom stereocenters. The topological polar surface area (TPSA) is 52.7 Å². The Bertz CT molecular complexity index is 556. The van der Waals surface area contributed by atoms with E-state index in [1.54, 1.807) is 13.1 Å². The molecule has 2 amide bonds. The highest BCUT2D eigenvalue weighted by Crippen LogP contribution is 2.26. The van der Waals surface area contributed by atoms with Gasteiger partial charge >= 0.3 is 0 Å². The highest BCUT2D eigenvalue weighted by atomic mass is 79.9. The first-order valence-corrected chi connectivity index (χ1v) is 8.65. The Kier molecular flexibility index (Phi) is 5.87. The molecular formula is C14H19BrClN3O2S. The van der Waals surface area contributed by atoms with Gasteiger partial charge in [0.2, 0.25) is 5.91 Å². The van der Waals surface area contributed by atoms with E-state index in [4.69, 9.17) is 0 Å². The van der Waals surface area contributed by atoms with Crippen LogP contribution in [0.5, 0.6) is 0 Å². The molecular weight excluding hydrogens is 390 g/mol. The fourth-order valence-corrected chi connectivity index (χ4v) is 4.43. The summed E-state index contributed by atoms with van der Waals surface area (Å²) in [6, 6.07) is 3.63. The molecule has 22 heavy (non-hydrogen) atoms. The van der Waals surface area contributed by atoms with Crippen molar-refractivity contribution in [3.05, 3.63) is 20.8 Å². The largest absolute Gasteiger partial charge is 0.340 e. The number of carbonyl (C=O) groups excluding carboxylic acids is 2. The van der Waals surface area contributed by atoms with Crippen LogP contribution in [-0.4, -0.2) is 61.4 Å². The highest BCUT2D eigenvalue weighted by molar-refractivity contribution is 9.11. The van der Waals surface area contributed by atoms with E-state index in [1.165, 1.54) is 16.2 Å². The Balaban J connectivity index is 0.00000176. The fourth-order valence-electron chi connectivity index (χ4n) is 3.05. The van der Waals surface area contributed by atoms with Crippen molar-refractivity contribution in [3.8, 4) is 0 Å². The van der Waals surface area contributed by atoms with Gasteiger partial charge in [0.1, 0.15) is 0 Å². The summed E-state index contributed by atoms with van der Waals surface area (Å²) in [6.07, 6.45) is 0. The van der Waals surface area contributed by atoms with E-state index in [2.05, 4.69) is 21.2 Å². The second kappa shape index (κ2) is 7.29. The first kappa shape index (κ1) is 17.7. The number of likely N-dealkylation sites (N-methyl/N-ethyl adjacent to an activating group) is 1. The molecule has 3 heterocycles. The average molecular weight is 409 g/mol. The van der Waals surface area contributed by atoms with Gasteiger partial charge in [-0.3, -0.25) is 9.59 Å². The van der Waals surface area contributed by atoms with Gasteiger partial charge in [-0.1, -0.05) is 0 Å². The molecule has 1 aromatic heterocycles. The standard InChI is InChI=1S/C14H18BrN3O2S.ClH/c1-17(14(20)11-2-3-12(15)21-11)8-13(19)18-6-9-4-16-5-10(9)7-18;/h2-3,9-10,16H,4-8H2,1H3;1H/t9-,10+;. The third-order valence-electron chi connectivity index (χ3n) is 4.25. The van der Waals surface area contributed by atoms with Crippen molar-refractivity contribution in [1.29, 1.82) is 0 Å². The van der Waals surface area contributed by atoms with Crippen molar-refractivity contribution in [2.45, 2.75) is 0 Å². The van der Waals surface area contributed by atoms with Gasteiger partial charge in [0.15, 0.2) is 0 Å². The van der Waals surface area contributed by atoms with Gasteiger partial charge < -0.3 is 15.1 Å². The number of halogens is 2. The summed E-state index contributed by atoms with van der Waals surface area (Å²) in [5.41, 5.74) is 0. The van der Waals surface area contributed by atoms with Crippen LogP contribution in [0.15, 0.2) is 15.9 Å². The van der Waals surface area contributed by atoms with Gasteiger partial charge in [-0.05, 0) is 39.9 Å². The maximum absolute atomic E-state index is 12.3. The summed E-state index contributed by atoms with van der Waals surface area (Å²) >= 11 is 4.74. The Morgan fingerprint density at radius 3 is 2.55 bits per heavy atom. The molecule has 0 saturated carbocycles. The zero-order chi connectivity index (χ0) is 15.0. The number of hydrogen-bond acceptors (Lipinski definition) is 4. The number of amides is 2. The Labute approximate surface area is 148 Å². The van der Waals surface area contributed by atoms with Crippen LogP contribution < -0.4 is 5.32 Å². The maximum atomic E-state index is 12.3. The number of nitrogens with one attached hydrogen (secondary N) is 1. The van der Waals surface area contributed by atoms with Crippen LogP contribution in [0.25, 0.3) is 0 Å². The van der Waals surface area contributed by atoms with Crippen molar-refractivity contribution in [1.82, 2.24) is 15.1 Å². The maximum Gasteiger partial charge on any atom is 0.264 e. The van der Waals surface area contributed by atoms with Gasteiger partial charge in [-0.25, -0.2) is 0 Å². The smallest absolute Gasteiger partial charge is 0.264 e. The molecule has 2 aliphatic heterocycles. The normalized spacial score (nSPS) is 23.1. The minimum Gasteiger partial charge on any atom is -0.340 e. The number of likely N-dealkylation sites (tertiary alicyclic amines) is 1. The van der Waals surface area contributed by atoms with Crippen molar-refractivity contribution in [2.24, 2.45) is 11.8 Å². The number of carbonyl (C=O) groups is 2. The van der Waals surface area contributed by atoms with E-state index in [0.717, 1.165) is 30.0 Å². The van der Waals surface area contributed by atoms with E-state index in [9.17, 15) is 9.59 Å².